The Hall–Kier alpha value is -0.370. The highest BCUT2D eigenvalue weighted by atomic mass is 35.5. The van der Waals surface area contributed by atoms with Gasteiger partial charge < -0.3 is 4.74 Å². The second-order valence-corrected chi connectivity index (χ2v) is 3.76. The molecule has 1 aromatic carbocycles. The molecule has 1 rings (SSSR count). The number of benzene rings is 1. The van der Waals surface area contributed by atoms with Crippen LogP contribution >= 0.6 is 34.8 Å². The van der Waals surface area contributed by atoms with Gasteiger partial charge in [0.15, 0.2) is 0 Å². The van der Waals surface area contributed by atoms with Gasteiger partial charge in [-0.25, -0.2) is 0 Å². The quantitative estimate of drug-likeness (QED) is 0.768. The largest absolute Gasteiger partial charge is 0.486 e. The highest BCUT2D eigenvalue weighted by Gasteiger charge is 2.02. The van der Waals surface area contributed by atoms with Gasteiger partial charge in [-0.05, 0) is 12.1 Å². The summed E-state index contributed by atoms with van der Waals surface area (Å²) in [5.41, 5.74) is 0. The lowest BCUT2D eigenvalue weighted by Crippen LogP contribution is -1.96. The molecule has 1 nitrogen and oxygen atoms in total. The summed E-state index contributed by atoms with van der Waals surface area (Å²) in [6.45, 7) is 3.71. The zero-order valence-electron chi connectivity index (χ0n) is 6.69. The van der Waals surface area contributed by atoms with E-state index in [1.165, 1.54) is 0 Å². The van der Waals surface area contributed by atoms with E-state index in [9.17, 15) is 0 Å². The zero-order chi connectivity index (χ0) is 9.84. The van der Waals surface area contributed by atoms with Crippen LogP contribution in [0.1, 0.15) is 0 Å². The normalized spacial score (nSPS) is 9.77. The van der Waals surface area contributed by atoms with Gasteiger partial charge in [0, 0.05) is 16.1 Å². The van der Waals surface area contributed by atoms with E-state index in [0.717, 1.165) is 0 Å². The minimum absolute atomic E-state index is 0.224. The standard InChI is InChI=1S/C9H7Cl3O/c1-6(10)5-13-9-4-7(11)2-3-8(9)12/h2-4H,1,5H2. The molecule has 0 saturated carbocycles. The molecule has 0 heterocycles. The Labute approximate surface area is 91.9 Å². The molecule has 0 atom stereocenters. The van der Waals surface area contributed by atoms with Gasteiger partial charge in [-0.1, -0.05) is 41.4 Å². The molecule has 0 radical (unpaired) electrons. The maximum atomic E-state index is 5.82. The van der Waals surface area contributed by atoms with Crippen LogP contribution in [0.4, 0.5) is 0 Å². The average Bonchev–Trinajstić information content (AvgIpc) is 2.06. The molecule has 0 spiro atoms. The van der Waals surface area contributed by atoms with E-state index < -0.39 is 0 Å². The fourth-order valence-corrected chi connectivity index (χ4v) is 1.13. The molecule has 0 aliphatic carbocycles. The third kappa shape index (κ3) is 3.47. The highest BCUT2D eigenvalue weighted by Crippen LogP contribution is 2.27. The topological polar surface area (TPSA) is 9.23 Å². The van der Waals surface area contributed by atoms with Crippen LogP contribution in [-0.4, -0.2) is 6.61 Å². The van der Waals surface area contributed by atoms with Crippen LogP contribution in [0.25, 0.3) is 0 Å². The highest BCUT2D eigenvalue weighted by molar-refractivity contribution is 6.34. The molecule has 0 aliphatic rings. The van der Waals surface area contributed by atoms with Gasteiger partial charge in [0.25, 0.3) is 0 Å². The molecule has 0 aromatic heterocycles. The van der Waals surface area contributed by atoms with Crippen molar-refractivity contribution in [2.45, 2.75) is 0 Å². The fourth-order valence-electron chi connectivity index (χ4n) is 0.744. The van der Waals surface area contributed by atoms with Crippen LogP contribution in [0.15, 0.2) is 29.8 Å². The predicted octanol–water partition coefficient (Wildman–Crippen LogP) is 4.12. The molecule has 0 bridgehead atoms. The molecule has 13 heavy (non-hydrogen) atoms. The SMILES string of the molecule is C=C(Cl)COc1cc(Cl)ccc1Cl. The number of rotatable bonds is 3. The molecular weight excluding hydrogens is 230 g/mol. The van der Waals surface area contributed by atoms with E-state index in [1.54, 1.807) is 18.2 Å². The van der Waals surface area contributed by atoms with Gasteiger partial charge >= 0.3 is 0 Å². The molecule has 0 saturated heterocycles. The van der Waals surface area contributed by atoms with Crippen LogP contribution < -0.4 is 4.74 Å². The van der Waals surface area contributed by atoms with Gasteiger partial charge in [0.2, 0.25) is 0 Å². The van der Waals surface area contributed by atoms with Crippen LogP contribution in [-0.2, 0) is 0 Å². The predicted molar refractivity (Wildman–Crippen MR) is 57.0 cm³/mol. The fraction of sp³-hybridized carbons (Fsp3) is 0.111. The molecule has 0 fully saturated rings. The maximum Gasteiger partial charge on any atom is 0.139 e. The summed E-state index contributed by atoms with van der Waals surface area (Å²) in [4.78, 5) is 0. The van der Waals surface area contributed by atoms with Crippen LogP contribution in [0.5, 0.6) is 5.75 Å². The third-order valence-corrected chi connectivity index (χ3v) is 1.93. The lowest BCUT2D eigenvalue weighted by Gasteiger charge is -2.06. The Kier molecular flexibility index (Phi) is 3.91. The lowest BCUT2D eigenvalue weighted by molar-refractivity contribution is 0.360. The van der Waals surface area contributed by atoms with Crippen molar-refractivity contribution in [3.63, 3.8) is 0 Å². The number of halogens is 3. The molecule has 70 valence electrons. The number of ether oxygens (including phenoxy) is 1. The second-order valence-electron chi connectivity index (χ2n) is 2.38. The minimum Gasteiger partial charge on any atom is -0.486 e. The zero-order valence-corrected chi connectivity index (χ0v) is 8.96. The van der Waals surface area contributed by atoms with Gasteiger partial charge in [-0.2, -0.15) is 0 Å². The molecule has 0 N–H and O–H groups in total. The van der Waals surface area contributed by atoms with Crippen molar-refractivity contribution in [1.29, 1.82) is 0 Å². The molecular formula is C9H7Cl3O. The van der Waals surface area contributed by atoms with E-state index in [-0.39, 0.29) is 6.61 Å². The first kappa shape index (κ1) is 10.7. The summed E-state index contributed by atoms with van der Waals surface area (Å²) in [5.74, 6) is 0.510. The molecule has 1 aromatic rings. The smallest absolute Gasteiger partial charge is 0.139 e. The Morgan fingerprint density at radius 2 is 2.08 bits per heavy atom. The van der Waals surface area contributed by atoms with Crippen molar-refractivity contribution in [1.82, 2.24) is 0 Å². The van der Waals surface area contributed by atoms with Gasteiger partial charge in [0.05, 0.1) is 5.02 Å². The molecule has 4 heteroatoms. The van der Waals surface area contributed by atoms with Crippen molar-refractivity contribution in [2.24, 2.45) is 0 Å². The van der Waals surface area contributed by atoms with Crippen LogP contribution in [0, 0.1) is 0 Å². The summed E-state index contributed by atoms with van der Waals surface area (Å²) >= 11 is 17.1. The van der Waals surface area contributed by atoms with E-state index in [0.29, 0.717) is 20.8 Å². The number of hydrogen-bond acceptors (Lipinski definition) is 1. The Bertz CT molecular complexity index is 323. The van der Waals surface area contributed by atoms with Crippen LogP contribution in [0.2, 0.25) is 10.0 Å². The summed E-state index contributed by atoms with van der Waals surface area (Å²) in [6.07, 6.45) is 0. The van der Waals surface area contributed by atoms with E-state index in [2.05, 4.69) is 6.58 Å². The molecule has 0 unspecified atom stereocenters. The van der Waals surface area contributed by atoms with Gasteiger partial charge in [0.1, 0.15) is 12.4 Å². The van der Waals surface area contributed by atoms with Crippen molar-refractivity contribution in [2.75, 3.05) is 6.61 Å². The maximum absolute atomic E-state index is 5.82. The van der Waals surface area contributed by atoms with Crippen molar-refractivity contribution in [3.8, 4) is 5.75 Å². The average molecular weight is 238 g/mol. The first-order valence-electron chi connectivity index (χ1n) is 3.50. The second kappa shape index (κ2) is 4.75. The molecule has 0 aliphatic heterocycles. The van der Waals surface area contributed by atoms with Gasteiger partial charge in [-0.15, -0.1) is 0 Å². The third-order valence-electron chi connectivity index (χ3n) is 1.28. The van der Waals surface area contributed by atoms with Crippen LogP contribution in [0.3, 0.4) is 0 Å². The summed E-state index contributed by atoms with van der Waals surface area (Å²) in [7, 11) is 0. The Balaban J connectivity index is 2.75. The number of hydrogen-bond donors (Lipinski definition) is 0. The monoisotopic (exact) mass is 236 g/mol. The minimum atomic E-state index is 0.224. The van der Waals surface area contributed by atoms with E-state index in [4.69, 9.17) is 39.5 Å². The first-order valence-corrected chi connectivity index (χ1v) is 4.64. The van der Waals surface area contributed by atoms with Crippen molar-refractivity contribution < 1.29 is 4.74 Å². The van der Waals surface area contributed by atoms with E-state index in [1.807, 2.05) is 0 Å². The van der Waals surface area contributed by atoms with E-state index >= 15 is 0 Å². The Morgan fingerprint density at radius 1 is 1.38 bits per heavy atom. The van der Waals surface area contributed by atoms with Crippen molar-refractivity contribution in [3.05, 3.63) is 39.9 Å². The van der Waals surface area contributed by atoms with Crippen molar-refractivity contribution >= 4 is 34.8 Å². The summed E-state index contributed by atoms with van der Waals surface area (Å²) < 4.78 is 5.23. The molecule has 0 amide bonds. The lowest BCUT2D eigenvalue weighted by atomic mass is 10.3. The first-order chi connectivity index (χ1) is 6.09. The van der Waals surface area contributed by atoms with Gasteiger partial charge in [-0.3, -0.25) is 0 Å². The summed E-state index contributed by atoms with van der Waals surface area (Å²) in [6, 6.07) is 4.98. The summed E-state index contributed by atoms with van der Waals surface area (Å²) in [5, 5.41) is 1.48. The Morgan fingerprint density at radius 3 is 2.69 bits per heavy atom.